The highest BCUT2D eigenvalue weighted by Gasteiger charge is 2.10. The number of methoxy groups -OCH3 is 1. The summed E-state index contributed by atoms with van der Waals surface area (Å²) in [6.45, 7) is -0.0123. The van der Waals surface area contributed by atoms with Crippen molar-refractivity contribution in [2.75, 3.05) is 25.7 Å². The maximum atomic E-state index is 10.9. The number of sulfone groups is 1. The molecule has 0 fully saturated rings. The van der Waals surface area contributed by atoms with E-state index in [9.17, 15) is 13.2 Å². The summed E-state index contributed by atoms with van der Waals surface area (Å²) in [5.41, 5.74) is 0.0716. The van der Waals surface area contributed by atoms with Crippen LogP contribution in [0.1, 0.15) is 10.4 Å². The normalized spacial score (nSPS) is 11.0. The van der Waals surface area contributed by atoms with E-state index < -0.39 is 15.8 Å². The fourth-order valence-corrected chi connectivity index (χ4v) is 1.61. The Balaban J connectivity index is 2.80. The third-order valence-corrected chi connectivity index (χ3v) is 3.03. The Kier molecular flexibility index (Phi) is 4.55. The molecule has 0 amide bonds. The van der Waals surface area contributed by atoms with E-state index in [1.54, 1.807) is 0 Å². The molecule has 1 aromatic rings. The molecule has 18 heavy (non-hydrogen) atoms. The van der Waals surface area contributed by atoms with E-state index in [0.29, 0.717) is 5.75 Å². The van der Waals surface area contributed by atoms with Gasteiger partial charge in [-0.2, -0.15) is 0 Å². The molecule has 0 atom stereocenters. The van der Waals surface area contributed by atoms with Gasteiger partial charge in [0.15, 0.2) is 21.3 Å². The molecule has 100 valence electrons. The first-order valence-electron chi connectivity index (χ1n) is 5.05. The van der Waals surface area contributed by atoms with Gasteiger partial charge in [0.25, 0.3) is 0 Å². The van der Waals surface area contributed by atoms with E-state index in [2.05, 4.69) is 0 Å². The summed E-state index contributed by atoms with van der Waals surface area (Å²) in [5.74, 6) is -0.623. The first kappa shape index (κ1) is 14.3. The number of benzene rings is 1. The van der Waals surface area contributed by atoms with Crippen LogP contribution in [0.4, 0.5) is 0 Å². The number of carboxylic acid groups (broad SMARTS) is 1. The van der Waals surface area contributed by atoms with Gasteiger partial charge in [0.1, 0.15) is 6.61 Å². The highest BCUT2D eigenvalue weighted by molar-refractivity contribution is 7.90. The molecule has 7 heteroatoms. The zero-order valence-corrected chi connectivity index (χ0v) is 10.9. The predicted octanol–water partition coefficient (Wildman–Crippen LogP) is 0.817. The molecule has 1 rings (SSSR count). The number of carboxylic acids is 1. The van der Waals surface area contributed by atoms with Crippen LogP contribution in [0.5, 0.6) is 11.5 Å². The number of carbonyl (C=O) groups is 1. The number of ether oxygens (including phenoxy) is 2. The molecule has 0 unspecified atom stereocenters. The minimum atomic E-state index is -3.10. The van der Waals surface area contributed by atoms with E-state index in [1.807, 2.05) is 0 Å². The van der Waals surface area contributed by atoms with Gasteiger partial charge < -0.3 is 14.6 Å². The molecule has 1 N–H and O–H groups in total. The minimum absolute atomic E-state index is 0.0123. The lowest BCUT2D eigenvalue weighted by atomic mass is 10.2. The largest absolute Gasteiger partial charge is 0.493 e. The van der Waals surface area contributed by atoms with Crippen LogP contribution in [0, 0.1) is 0 Å². The van der Waals surface area contributed by atoms with Crippen molar-refractivity contribution < 1.29 is 27.8 Å². The summed E-state index contributed by atoms with van der Waals surface area (Å²) >= 11 is 0. The Morgan fingerprint density at radius 2 is 2.00 bits per heavy atom. The van der Waals surface area contributed by atoms with E-state index in [0.717, 1.165) is 6.26 Å². The Labute approximate surface area is 105 Å². The van der Waals surface area contributed by atoms with E-state index in [4.69, 9.17) is 14.6 Å². The van der Waals surface area contributed by atoms with Crippen LogP contribution >= 0.6 is 0 Å². The van der Waals surface area contributed by atoms with Gasteiger partial charge >= 0.3 is 5.97 Å². The SMILES string of the molecule is COc1cc(C(=O)O)ccc1OCCS(C)(=O)=O. The smallest absolute Gasteiger partial charge is 0.335 e. The topological polar surface area (TPSA) is 89.9 Å². The third-order valence-electron chi connectivity index (χ3n) is 2.12. The molecule has 0 heterocycles. The zero-order valence-electron chi connectivity index (χ0n) is 10.0. The van der Waals surface area contributed by atoms with Crippen molar-refractivity contribution in [2.24, 2.45) is 0 Å². The first-order valence-corrected chi connectivity index (χ1v) is 7.11. The van der Waals surface area contributed by atoms with Gasteiger partial charge in [-0.05, 0) is 18.2 Å². The fraction of sp³-hybridized carbons (Fsp3) is 0.364. The second-order valence-electron chi connectivity index (χ2n) is 3.65. The van der Waals surface area contributed by atoms with Crippen molar-refractivity contribution in [2.45, 2.75) is 0 Å². The standard InChI is InChI=1S/C11H14O6S/c1-16-10-7-8(11(12)13)3-4-9(10)17-5-6-18(2,14)15/h3-4,7H,5-6H2,1-2H3,(H,12,13). The van der Waals surface area contributed by atoms with Gasteiger partial charge in [-0.25, -0.2) is 13.2 Å². The number of hydrogen-bond acceptors (Lipinski definition) is 5. The van der Waals surface area contributed by atoms with Crippen molar-refractivity contribution in [1.29, 1.82) is 0 Å². The van der Waals surface area contributed by atoms with Gasteiger partial charge in [0, 0.05) is 6.26 Å². The Hall–Kier alpha value is -1.76. The van der Waals surface area contributed by atoms with Crippen molar-refractivity contribution in [3.05, 3.63) is 23.8 Å². The maximum absolute atomic E-state index is 10.9. The van der Waals surface area contributed by atoms with Gasteiger partial charge in [-0.15, -0.1) is 0 Å². The van der Waals surface area contributed by atoms with Gasteiger partial charge in [-0.1, -0.05) is 0 Å². The van der Waals surface area contributed by atoms with Crippen molar-refractivity contribution >= 4 is 15.8 Å². The summed E-state index contributed by atoms with van der Waals surface area (Å²) in [4.78, 5) is 10.8. The Morgan fingerprint density at radius 1 is 1.33 bits per heavy atom. The highest BCUT2D eigenvalue weighted by atomic mass is 32.2. The molecule has 1 aromatic carbocycles. The van der Waals surface area contributed by atoms with E-state index in [1.165, 1.54) is 25.3 Å². The molecule has 0 spiro atoms. The number of aromatic carboxylic acids is 1. The first-order chi connectivity index (χ1) is 8.33. The van der Waals surface area contributed by atoms with Crippen molar-refractivity contribution in [3.63, 3.8) is 0 Å². The summed E-state index contributed by atoms with van der Waals surface area (Å²) in [6.07, 6.45) is 1.11. The van der Waals surface area contributed by atoms with Crippen molar-refractivity contribution in [1.82, 2.24) is 0 Å². The number of rotatable bonds is 6. The van der Waals surface area contributed by atoms with Crippen molar-refractivity contribution in [3.8, 4) is 11.5 Å². The molecular weight excluding hydrogens is 260 g/mol. The van der Waals surface area contributed by atoms with Crippen LogP contribution < -0.4 is 9.47 Å². The van der Waals surface area contributed by atoms with Gasteiger partial charge in [0.05, 0.1) is 18.4 Å². The molecule has 6 nitrogen and oxygen atoms in total. The predicted molar refractivity (Wildman–Crippen MR) is 65.2 cm³/mol. The fourth-order valence-electron chi connectivity index (χ4n) is 1.22. The minimum Gasteiger partial charge on any atom is -0.493 e. The maximum Gasteiger partial charge on any atom is 0.335 e. The van der Waals surface area contributed by atoms with Crippen LogP contribution in [0.25, 0.3) is 0 Å². The van der Waals surface area contributed by atoms with Crippen LogP contribution in [0.2, 0.25) is 0 Å². The molecule has 0 saturated heterocycles. The molecular formula is C11H14O6S. The summed E-state index contributed by atoms with van der Waals surface area (Å²) < 4.78 is 32.1. The lowest BCUT2D eigenvalue weighted by Gasteiger charge is -2.10. The van der Waals surface area contributed by atoms with Crippen LogP contribution in [-0.2, 0) is 9.84 Å². The molecule has 0 radical (unpaired) electrons. The summed E-state index contributed by atoms with van der Waals surface area (Å²) in [6, 6.07) is 4.11. The molecule has 0 aliphatic heterocycles. The monoisotopic (exact) mass is 274 g/mol. The van der Waals surface area contributed by atoms with E-state index >= 15 is 0 Å². The average molecular weight is 274 g/mol. The molecule has 0 aromatic heterocycles. The van der Waals surface area contributed by atoms with Crippen LogP contribution in [-0.4, -0.2) is 45.2 Å². The summed E-state index contributed by atoms with van der Waals surface area (Å²) in [7, 11) is -1.72. The van der Waals surface area contributed by atoms with E-state index in [-0.39, 0.29) is 23.7 Å². The van der Waals surface area contributed by atoms with Gasteiger partial charge in [0.2, 0.25) is 0 Å². The third kappa shape index (κ3) is 4.25. The Bertz CT molecular complexity index is 534. The number of hydrogen-bond donors (Lipinski definition) is 1. The highest BCUT2D eigenvalue weighted by Crippen LogP contribution is 2.28. The molecule has 0 aliphatic rings. The van der Waals surface area contributed by atoms with Gasteiger partial charge in [-0.3, -0.25) is 0 Å². The quantitative estimate of drug-likeness (QED) is 0.825. The molecule has 0 aliphatic carbocycles. The van der Waals surface area contributed by atoms with Crippen LogP contribution in [0.15, 0.2) is 18.2 Å². The molecule has 0 saturated carbocycles. The lowest BCUT2D eigenvalue weighted by Crippen LogP contribution is -2.12. The lowest BCUT2D eigenvalue weighted by molar-refractivity contribution is 0.0696. The summed E-state index contributed by atoms with van der Waals surface area (Å²) in [5, 5.41) is 8.80. The van der Waals surface area contributed by atoms with Crippen LogP contribution in [0.3, 0.4) is 0 Å². The Morgan fingerprint density at radius 3 is 2.50 bits per heavy atom. The average Bonchev–Trinajstić information content (AvgIpc) is 2.27. The molecule has 0 bridgehead atoms. The second-order valence-corrected chi connectivity index (χ2v) is 5.91. The zero-order chi connectivity index (χ0) is 13.8. The second kappa shape index (κ2) is 5.72.